The highest BCUT2D eigenvalue weighted by atomic mass is 32.2. The highest BCUT2D eigenvalue weighted by molar-refractivity contribution is 7.89. The number of nitrogens with one attached hydrogen (secondary N) is 1. The third-order valence-electron chi connectivity index (χ3n) is 6.78. The van der Waals surface area contributed by atoms with Crippen molar-refractivity contribution >= 4 is 16.0 Å². The summed E-state index contributed by atoms with van der Waals surface area (Å²) in [6.07, 6.45) is -5.83. The summed E-state index contributed by atoms with van der Waals surface area (Å²) in [5, 5.41) is 56.6. The number of benzene rings is 1. The van der Waals surface area contributed by atoms with Gasteiger partial charge in [-0.1, -0.05) is 19.9 Å². The molecule has 1 aromatic heterocycles. The molecule has 2 heterocycles. The van der Waals surface area contributed by atoms with Gasteiger partial charge in [-0.25, -0.2) is 8.42 Å². The van der Waals surface area contributed by atoms with Gasteiger partial charge >= 0.3 is 0 Å². The van der Waals surface area contributed by atoms with Gasteiger partial charge in [-0.05, 0) is 36.1 Å². The summed E-state index contributed by atoms with van der Waals surface area (Å²) in [4.78, 5) is 1.41. The predicted octanol–water partition coefficient (Wildman–Crippen LogP) is -1.44. The largest absolute Gasteiger partial charge is 0.492 e. The molecule has 1 saturated heterocycles. The van der Waals surface area contributed by atoms with Crippen molar-refractivity contribution in [3.8, 4) is 11.6 Å². The summed E-state index contributed by atoms with van der Waals surface area (Å²) in [6.45, 7) is 5.46. The lowest BCUT2D eigenvalue weighted by Crippen LogP contribution is -2.60. The molecule has 42 heavy (non-hydrogen) atoms. The third-order valence-corrected chi connectivity index (χ3v) is 7.30. The summed E-state index contributed by atoms with van der Waals surface area (Å²) < 4.78 is 43.5. The number of aliphatic hydroxyl groups is 5. The first kappa shape index (κ1) is 33.5. The molecule has 0 spiro atoms. The Bertz CT molecular complexity index is 1320. The van der Waals surface area contributed by atoms with E-state index in [9.17, 15) is 34.0 Å². The minimum absolute atomic E-state index is 0.0445. The highest BCUT2D eigenvalue weighted by Gasteiger charge is 2.45. The van der Waals surface area contributed by atoms with E-state index in [1.54, 1.807) is 6.07 Å². The lowest BCUT2D eigenvalue weighted by molar-refractivity contribution is -0.278. The molecule has 236 valence electrons. The molecule has 5 atom stereocenters. The summed E-state index contributed by atoms with van der Waals surface area (Å²) in [7, 11) is -3.69. The van der Waals surface area contributed by atoms with Crippen molar-refractivity contribution in [1.82, 2.24) is 15.1 Å². The van der Waals surface area contributed by atoms with Crippen molar-refractivity contribution in [2.24, 2.45) is 10.1 Å². The number of aromatic amines is 1. The maximum atomic E-state index is 11.4. The Morgan fingerprint density at radius 1 is 1.19 bits per heavy atom. The molecular weight excluding hydrogens is 574 g/mol. The lowest BCUT2D eigenvalue weighted by Gasteiger charge is -2.39. The van der Waals surface area contributed by atoms with E-state index in [0.717, 1.165) is 23.1 Å². The van der Waals surface area contributed by atoms with Crippen LogP contribution in [0.3, 0.4) is 0 Å². The standard InChI is InChI=1S/C26H41N5O10S/c1-14(2)20-18(24(29-28-20)41-25-23(36)22(35)21(34)19(13-33)40-25)12-16-5-6-17(11-15(16)3)39-10-8-31(7-9-32)26(27)30-42(4,37)38/h5-6,11,14,19,21-23,25,32-36H,7-10,12-13H2,1-4H3,(H2,27,30)(H,28,29)/t19-,21-,22+,23-,25+/m1/s1. The number of nitrogens with two attached hydrogens (primary N) is 1. The number of sulfonamides is 1. The number of H-pyrrole nitrogens is 1. The van der Waals surface area contributed by atoms with Crippen molar-refractivity contribution < 1.29 is 48.2 Å². The van der Waals surface area contributed by atoms with Crippen LogP contribution in [0.4, 0.5) is 0 Å². The fourth-order valence-electron chi connectivity index (χ4n) is 4.49. The summed E-state index contributed by atoms with van der Waals surface area (Å²) in [6, 6.07) is 5.50. The zero-order chi connectivity index (χ0) is 31.2. The molecule has 2 aromatic rings. The van der Waals surface area contributed by atoms with Gasteiger partial charge in [0.15, 0.2) is 0 Å². The Balaban J connectivity index is 1.73. The number of aromatic nitrogens is 2. The second-order valence-corrected chi connectivity index (χ2v) is 12.0. The minimum Gasteiger partial charge on any atom is -0.492 e. The number of aryl methyl sites for hydroxylation is 1. The van der Waals surface area contributed by atoms with E-state index in [-0.39, 0.29) is 44.1 Å². The number of guanidine groups is 1. The van der Waals surface area contributed by atoms with Gasteiger partial charge in [0.05, 0.1) is 26.0 Å². The maximum Gasteiger partial charge on any atom is 0.253 e. The SMILES string of the molecule is Cc1cc(OCCN(CCO)C(N)=NS(C)(=O)=O)ccc1Cc1c(O[C@@H]2O[C@H](CO)[C@@H](O)[C@H](O)[C@H]2O)n[nH]c1C(C)C. The average molecular weight is 616 g/mol. The molecule has 0 bridgehead atoms. The summed E-state index contributed by atoms with van der Waals surface area (Å²) in [5.74, 6) is 0.528. The van der Waals surface area contributed by atoms with Crippen molar-refractivity contribution in [3.05, 3.63) is 40.6 Å². The number of aliphatic hydroxyl groups excluding tert-OH is 5. The van der Waals surface area contributed by atoms with Gasteiger partial charge in [0.25, 0.3) is 10.0 Å². The molecule has 16 heteroatoms. The number of hydrogen-bond acceptors (Lipinski definition) is 11. The Morgan fingerprint density at radius 2 is 1.90 bits per heavy atom. The zero-order valence-corrected chi connectivity index (χ0v) is 24.9. The van der Waals surface area contributed by atoms with E-state index in [0.29, 0.717) is 17.7 Å². The number of ether oxygens (including phenoxy) is 3. The Morgan fingerprint density at radius 3 is 2.50 bits per heavy atom. The smallest absolute Gasteiger partial charge is 0.253 e. The Labute approximate surface area is 244 Å². The van der Waals surface area contributed by atoms with Crippen LogP contribution in [0, 0.1) is 6.92 Å². The van der Waals surface area contributed by atoms with Crippen LogP contribution in [-0.4, -0.2) is 125 Å². The second kappa shape index (κ2) is 14.5. The molecule has 1 aromatic carbocycles. The van der Waals surface area contributed by atoms with E-state index in [1.165, 1.54) is 4.90 Å². The first-order chi connectivity index (χ1) is 19.7. The lowest BCUT2D eigenvalue weighted by atomic mass is 9.96. The quantitative estimate of drug-likeness (QED) is 0.101. The molecule has 0 amide bonds. The van der Waals surface area contributed by atoms with Gasteiger partial charge in [0, 0.05) is 24.2 Å². The third kappa shape index (κ3) is 8.53. The van der Waals surface area contributed by atoms with E-state index >= 15 is 0 Å². The normalized spacial score (nSPS) is 23.3. The van der Waals surface area contributed by atoms with Gasteiger partial charge < -0.3 is 50.4 Å². The average Bonchev–Trinajstić information content (AvgIpc) is 3.31. The molecule has 1 fully saturated rings. The van der Waals surface area contributed by atoms with Crippen molar-refractivity contribution in [2.75, 3.05) is 39.2 Å². The predicted molar refractivity (Wildman–Crippen MR) is 152 cm³/mol. The van der Waals surface area contributed by atoms with E-state index in [2.05, 4.69) is 14.6 Å². The Kier molecular flexibility index (Phi) is 11.5. The molecule has 3 rings (SSSR count). The minimum atomic E-state index is -3.69. The van der Waals surface area contributed by atoms with Crippen molar-refractivity contribution in [2.45, 2.75) is 63.8 Å². The van der Waals surface area contributed by atoms with Crippen LogP contribution in [0.25, 0.3) is 0 Å². The summed E-state index contributed by atoms with van der Waals surface area (Å²) >= 11 is 0. The monoisotopic (exact) mass is 615 g/mol. The van der Waals surface area contributed by atoms with E-state index < -0.39 is 47.3 Å². The van der Waals surface area contributed by atoms with Crippen LogP contribution in [0.2, 0.25) is 0 Å². The molecule has 8 N–H and O–H groups in total. The molecule has 0 saturated carbocycles. The topological polar surface area (TPSA) is 233 Å². The van der Waals surface area contributed by atoms with Crippen LogP contribution < -0.4 is 15.2 Å². The van der Waals surface area contributed by atoms with Gasteiger partial charge in [-0.2, -0.15) is 0 Å². The molecule has 15 nitrogen and oxygen atoms in total. The van der Waals surface area contributed by atoms with Crippen LogP contribution in [0.5, 0.6) is 11.6 Å². The first-order valence-corrected chi connectivity index (χ1v) is 15.3. The molecule has 0 unspecified atom stereocenters. The van der Waals surface area contributed by atoms with Gasteiger partial charge in [-0.15, -0.1) is 9.50 Å². The first-order valence-electron chi connectivity index (χ1n) is 13.4. The maximum absolute atomic E-state index is 11.4. The van der Waals surface area contributed by atoms with Crippen molar-refractivity contribution in [1.29, 1.82) is 0 Å². The van der Waals surface area contributed by atoms with Crippen LogP contribution in [0.1, 0.15) is 42.1 Å². The Hall–Kier alpha value is -2.99. The van der Waals surface area contributed by atoms with Crippen LogP contribution >= 0.6 is 0 Å². The fourth-order valence-corrected chi connectivity index (χ4v) is 4.95. The number of hydrogen-bond donors (Lipinski definition) is 7. The van der Waals surface area contributed by atoms with Gasteiger partial charge in [-0.3, -0.25) is 5.10 Å². The molecule has 1 aliphatic heterocycles. The molecule has 1 aliphatic rings. The van der Waals surface area contributed by atoms with Crippen molar-refractivity contribution in [3.63, 3.8) is 0 Å². The summed E-state index contributed by atoms with van der Waals surface area (Å²) in [5.41, 5.74) is 9.10. The highest BCUT2D eigenvalue weighted by Crippen LogP contribution is 2.32. The van der Waals surface area contributed by atoms with E-state index in [1.807, 2.05) is 32.9 Å². The van der Waals surface area contributed by atoms with E-state index in [4.69, 9.17) is 19.9 Å². The molecule has 0 radical (unpaired) electrons. The van der Waals surface area contributed by atoms with Gasteiger partial charge in [0.2, 0.25) is 18.1 Å². The van der Waals surface area contributed by atoms with Gasteiger partial charge in [0.1, 0.15) is 36.8 Å². The fraction of sp³-hybridized carbons (Fsp3) is 0.615. The van der Waals surface area contributed by atoms with Crippen LogP contribution in [-0.2, 0) is 21.2 Å². The molecular formula is C26H41N5O10S. The number of rotatable bonds is 13. The second-order valence-electron chi connectivity index (χ2n) is 10.4. The molecule has 0 aliphatic carbocycles. The van der Waals surface area contributed by atoms with Crippen LogP contribution in [0.15, 0.2) is 22.6 Å². The number of nitrogens with zero attached hydrogens (tertiary/aromatic N) is 3. The zero-order valence-electron chi connectivity index (χ0n) is 24.0.